The number of carboxylic acid groups (broad SMARTS) is 1. The van der Waals surface area contributed by atoms with Gasteiger partial charge >= 0.3 is 5.97 Å². The molecule has 0 aliphatic carbocycles. The first-order chi connectivity index (χ1) is 13.3. The summed E-state index contributed by atoms with van der Waals surface area (Å²) in [6.07, 6.45) is 2.12. The molecule has 1 saturated heterocycles. The maximum Gasteiger partial charge on any atom is 0.326 e. The van der Waals surface area contributed by atoms with Crippen molar-refractivity contribution in [3.05, 3.63) is 29.8 Å². The Balaban J connectivity index is 1.80. The van der Waals surface area contributed by atoms with Gasteiger partial charge in [0.15, 0.2) is 0 Å². The molecule has 0 saturated carbocycles. The Morgan fingerprint density at radius 2 is 1.82 bits per heavy atom. The highest BCUT2D eigenvalue weighted by atomic mass is 16.5. The summed E-state index contributed by atoms with van der Waals surface area (Å²) in [7, 11) is 0. The summed E-state index contributed by atoms with van der Waals surface area (Å²) in [6.45, 7) is 4.83. The zero-order valence-corrected chi connectivity index (χ0v) is 16.3. The van der Waals surface area contributed by atoms with Crippen LogP contribution in [0.15, 0.2) is 24.3 Å². The van der Waals surface area contributed by atoms with Crippen LogP contribution in [0.4, 0.5) is 0 Å². The second kappa shape index (κ2) is 10.7. The van der Waals surface area contributed by atoms with Gasteiger partial charge in [0.2, 0.25) is 5.91 Å². The van der Waals surface area contributed by atoms with Gasteiger partial charge in [-0.2, -0.15) is 0 Å². The van der Waals surface area contributed by atoms with Crippen LogP contribution < -0.4 is 15.4 Å². The van der Waals surface area contributed by atoms with Crippen molar-refractivity contribution in [3.63, 3.8) is 0 Å². The van der Waals surface area contributed by atoms with Gasteiger partial charge in [0.05, 0.1) is 19.8 Å². The van der Waals surface area contributed by atoms with Gasteiger partial charge in [-0.15, -0.1) is 0 Å². The molecule has 8 heteroatoms. The van der Waals surface area contributed by atoms with E-state index in [0.29, 0.717) is 30.9 Å². The Hall–Kier alpha value is -2.61. The standard InChI is InChI=1S/C20H28N2O6/c1-13(2)11-17(20(25)26)22-18(23)12-21-19(24)14-3-5-15(6-4-14)28-16-7-9-27-10-8-16/h3-6,13,16-17H,7-12H2,1-2H3,(H,21,24)(H,22,23)(H,25,26)/t17-/m0/s1. The number of amides is 2. The minimum absolute atomic E-state index is 0.116. The minimum Gasteiger partial charge on any atom is -0.490 e. The SMILES string of the molecule is CC(C)C[C@H](NC(=O)CNC(=O)c1ccc(OC2CCOCC2)cc1)C(=O)O. The van der Waals surface area contributed by atoms with Crippen LogP contribution in [0, 0.1) is 5.92 Å². The zero-order chi connectivity index (χ0) is 20.5. The maximum absolute atomic E-state index is 12.2. The van der Waals surface area contributed by atoms with Crippen LogP contribution in [0.3, 0.4) is 0 Å². The molecule has 1 aliphatic heterocycles. The Morgan fingerprint density at radius 1 is 1.18 bits per heavy atom. The van der Waals surface area contributed by atoms with E-state index in [-0.39, 0.29) is 18.6 Å². The number of carboxylic acids is 1. The van der Waals surface area contributed by atoms with E-state index in [9.17, 15) is 14.4 Å². The van der Waals surface area contributed by atoms with E-state index in [1.54, 1.807) is 24.3 Å². The molecular weight excluding hydrogens is 364 g/mol. The summed E-state index contributed by atoms with van der Waals surface area (Å²) in [4.78, 5) is 35.3. The topological polar surface area (TPSA) is 114 Å². The zero-order valence-electron chi connectivity index (χ0n) is 16.3. The van der Waals surface area contributed by atoms with Gasteiger partial charge in [0.25, 0.3) is 5.91 Å². The van der Waals surface area contributed by atoms with E-state index in [1.807, 2.05) is 13.8 Å². The lowest BCUT2D eigenvalue weighted by molar-refractivity contribution is -0.142. The second-order valence-electron chi connectivity index (χ2n) is 7.22. The molecule has 3 N–H and O–H groups in total. The fraction of sp³-hybridized carbons (Fsp3) is 0.550. The van der Waals surface area contributed by atoms with Crippen LogP contribution >= 0.6 is 0 Å². The van der Waals surface area contributed by atoms with E-state index < -0.39 is 23.8 Å². The van der Waals surface area contributed by atoms with Crippen molar-refractivity contribution in [1.82, 2.24) is 10.6 Å². The van der Waals surface area contributed by atoms with Crippen LogP contribution in [0.5, 0.6) is 5.75 Å². The van der Waals surface area contributed by atoms with Gasteiger partial charge in [0.1, 0.15) is 17.9 Å². The fourth-order valence-electron chi connectivity index (χ4n) is 2.87. The summed E-state index contributed by atoms with van der Waals surface area (Å²) >= 11 is 0. The molecule has 1 fully saturated rings. The van der Waals surface area contributed by atoms with E-state index in [0.717, 1.165) is 12.8 Å². The first-order valence-corrected chi connectivity index (χ1v) is 9.50. The van der Waals surface area contributed by atoms with Gasteiger partial charge in [-0.1, -0.05) is 13.8 Å². The number of carbonyl (C=O) groups excluding carboxylic acids is 2. The predicted molar refractivity (Wildman–Crippen MR) is 102 cm³/mol. The number of ether oxygens (including phenoxy) is 2. The molecule has 1 heterocycles. The van der Waals surface area contributed by atoms with Gasteiger partial charge in [-0.05, 0) is 36.6 Å². The molecule has 8 nitrogen and oxygen atoms in total. The normalized spacial score (nSPS) is 15.7. The molecule has 0 bridgehead atoms. The van der Waals surface area contributed by atoms with Gasteiger partial charge in [-0.25, -0.2) is 4.79 Å². The number of nitrogens with one attached hydrogen (secondary N) is 2. The van der Waals surface area contributed by atoms with E-state index in [1.165, 1.54) is 0 Å². The third kappa shape index (κ3) is 7.19. The first-order valence-electron chi connectivity index (χ1n) is 9.50. The average molecular weight is 392 g/mol. The van der Waals surface area contributed by atoms with Gasteiger partial charge in [-0.3, -0.25) is 9.59 Å². The molecule has 1 atom stereocenters. The third-order valence-electron chi connectivity index (χ3n) is 4.34. The predicted octanol–water partition coefficient (Wildman–Crippen LogP) is 1.59. The molecular formula is C20H28N2O6. The molecule has 28 heavy (non-hydrogen) atoms. The molecule has 0 spiro atoms. The fourth-order valence-corrected chi connectivity index (χ4v) is 2.87. The molecule has 0 unspecified atom stereocenters. The monoisotopic (exact) mass is 392 g/mol. The van der Waals surface area contributed by atoms with Crippen molar-refractivity contribution in [2.75, 3.05) is 19.8 Å². The average Bonchev–Trinajstić information content (AvgIpc) is 2.66. The van der Waals surface area contributed by atoms with Crippen LogP contribution in [0.2, 0.25) is 0 Å². The largest absolute Gasteiger partial charge is 0.490 e. The maximum atomic E-state index is 12.2. The van der Waals surface area contributed by atoms with Crippen molar-refractivity contribution in [1.29, 1.82) is 0 Å². The summed E-state index contributed by atoms with van der Waals surface area (Å²) < 4.78 is 11.1. The van der Waals surface area contributed by atoms with Crippen LogP contribution in [0.1, 0.15) is 43.5 Å². The third-order valence-corrected chi connectivity index (χ3v) is 4.34. The Kier molecular flexibility index (Phi) is 8.25. The van der Waals surface area contributed by atoms with Crippen molar-refractivity contribution < 1.29 is 29.0 Å². The van der Waals surface area contributed by atoms with E-state index in [4.69, 9.17) is 14.6 Å². The number of benzene rings is 1. The highest BCUT2D eigenvalue weighted by Crippen LogP contribution is 2.18. The number of aliphatic carboxylic acids is 1. The van der Waals surface area contributed by atoms with Crippen molar-refractivity contribution in [3.8, 4) is 5.75 Å². The molecule has 0 radical (unpaired) electrons. The lowest BCUT2D eigenvalue weighted by Crippen LogP contribution is -2.46. The van der Waals surface area contributed by atoms with Crippen LogP contribution in [0.25, 0.3) is 0 Å². The van der Waals surface area contributed by atoms with E-state index >= 15 is 0 Å². The molecule has 1 aromatic carbocycles. The van der Waals surface area contributed by atoms with Crippen molar-refractivity contribution in [2.24, 2.45) is 5.92 Å². The number of hydrogen-bond donors (Lipinski definition) is 3. The lowest BCUT2D eigenvalue weighted by atomic mass is 10.0. The number of carbonyl (C=O) groups is 3. The molecule has 1 aromatic rings. The highest BCUT2D eigenvalue weighted by Gasteiger charge is 2.21. The first kappa shape index (κ1) is 21.7. The van der Waals surface area contributed by atoms with E-state index in [2.05, 4.69) is 10.6 Å². The molecule has 2 amide bonds. The Labute approximate surface area is 164 Å². The quantitative estimate of drug-likeness (QED) is 0.588. The van der Waals surface area contributed by atoms with Crippen LogP contribution in [-0.4, -0.2) is 54.8 Å². The highest BCUT2D eigenvalue weighted by molar-refractivity contribution is 5.96. The Bertz CT molecular complexity index is 668. The number of hydrogen-bond acceptors (Lipinski definition) is 5. The van der Waals surface area contributed by atoms with Crippen LogP contribution in [-0.2, 0) is 14.3 Å². The Morgan fingerprint density at radius 3 is 2.39 bits per heavy atom. The van der Waals surface area contributed by atoms with Gasteiger partial charge < -0.3 is 25.2 Å². The molecule has 2 rings (SSSR count). The molecule has 0 aromatic heterocycles. The van der Waals surface area contributed by atoms with Crippen molar-refractivity contribution in [2.45, 2.75) is 45.3 Å². The van der Waals surface area contributed by atoms with Gasteiger partial charge in [0, 0.05) is 18.4 Å². The van der Waals surface area contributed by atoms with Crippen molar-refractivity contribution >= 4 is 17.8 Å². The number of rotatable bonds is 9. The minimum atomic E-state index is -1.09. The smallest absolute Gasteiger partial charge is 0.326 e. The summed E-state index contributed by atoms with van der Waals surface area (Å²) in [5.74, 6) is -1.24. The summed E-state index contributed by atoms with van der Waals surface area (Å²) in [5.41, 5.74) is 0.393. The summed E-state index contributed by atoms with van der Waals surface area (Å²) in [6, 6.07) is 5.72. The molecule has 1 aliphatic rings. The second-order valence-corrected chi connectivity index (χ2v) is 7.22. The summed E-state index contributed by atoms with van der Waals surface area (Å²) in [5, 5.41) is 14.1. The lowest BCUT2D eigenvalue weighted by Gasteiger charge is -2.23. The molecule has 154 valence electrons.